The van der Waals surface area contributed by atoms with E-state index in [1.54, 1.807) is 0 Å². The highest BCUT2D eigenvalue weighted by Crippen LogP contribution is 2.18. The Bertz CT molecular complexity index is 444. The molecule has 0 bridgehead atoms. The summed E-state index contributed by atoms with van der Waals surface area (Å²) in [5.74, 6) is -0.839. The van der Waals surface area contributed by atoms with E-state index in [4.69, 9.17) is 28.4 Å². The van der Waals surface area contributed by atoms with Gasteiger partial charge in [0.25, 0.3) is 0 Å². The monoisotopic (exact) mass is 462 g/mol. The number of rotatable bonds is 23. The summed E-state index contributed by atoms with van der Waals surface area (Å²) < 4.78 is 32.0. The Labute approximate surface area is 194 Å². The normalized spacial score (nSPS) is 13.0. The van der Waals surface area contributed by atoms with Crippen LogP contribution in [-0.4, -0.2) is 78.0 Å². The molecule has 0 N–H and O–H groups in total. The van der Waals surface area contributed by atoms with Gasteiger partial charge in [-0.15, -0.1) is 0 Å². The summed E-state index contributed by atoms with van der Waals surface area (Å²) in [6.07, 6.45) is 5.15. The van der Waals surface area contributed by atoms with Crippen LogP contribution in [0, 0.1) is 11.8 Å². The summed E-state index contributed by atoms with van der Waals surface area (Å²) in [5.41, 5.74) is 0. The number of hydrogen-bond donors (Lipinski definition) is 0. The molecule has 8 heteroatoms. The molecule has 0 saturated heterocycles. The van der Waals surface area contributed by atoms with Gasteiger partial charge in [-0.1, -0.05) is 40.5 Å². The molecule has 0 amide bonds. The van der Waals surface area contributed by atoms with E-state index < -0.39 is 0 Å². The van der Waals surface area contributed by atoms with Crippen molar-refractivity contribution in [3.63, 3.8) is 0 Å². The summed E-state index contributed by atoms with van der Waals surface area (Å²) in [6.45, 7) is 12.7. The lowest BCUT2D eigenvalue weighted by molar-refractivity contribution is -0.152. The number of ether oxygens (including phenoxy) is 6. The van der Waals surface area contributed by atoms with Gasteiger partial charge in [0.2, 0.25) is 0 Å². The van der Waals surface area contributed by atoms with Crippen molar-refractivity contribution in [2.24, 2.45) is 11.8 Å². The summed E-state index contributed by atoms with van der Waals surface area (Å²) in [5, 5.41) is 0. The van der Waals surface area contributed by atoms with E-state index in [2.05, 4.69) is 13.8 Å². The Kier molecular flexibility index (Phi) is 22.1. The SMILES string of the molecule is CCCCOCCOCCOC(=O)CCC(C)C(C)C(=O)OCCOCCOCCCC. The topological polar surface area (TPSA) is 89.5 Å². The molecule has 0 aliphatic heterocycles. The first-order valence-electron chi connectivity index (χ1n) is 12.2. The molecular formula is C24H46O8. The molecule has 190 valence electrons. The van der Waals surface area contributed by atoms with Crippen molar-refractivity contribution in [1.82, 2.24) is 0 Å². The van der Waals surface area contributed by atoms with Crippen LogP contribution in [0.2, 0.25) is 0 Å². The molecule has 0 aliphatic carbocycles. The second kappa shape index (κ2) is 23.0. The fourth-order valence-electron chi connectivity index (χ4n) is 2.58. The van der Waals surface area contributed by atoms with E-state index in [9.17, 15) is 9.59 Å². The minimum Gasteiger partial charge on any atom is -0.463 e. The first-order valence-corrected chi connectivity index (χ1v) is 12.2. The van der Waals surface area contributed by atoms with E-state index in [1.807, 2.05) is 13.8 Å². The van der Waals surface area contributed by atoms with E-state index in [-0.39, 0.29) is 43.4 Å². The molecule has 8 nitrogen and oxygen atoms in total. The van der Waals surface area contributed by atoms with Crippen LogP contribution >= 0.6 is 0 Å². The molecule has 0 rings (SSSR count). The van der Waals surface area contributed by atoms with Gasteiger partial charge in [0, 0.05) is 19.6 Å². The lowest BCUT2D eigenvalue weighted by atomic mass is 9.92. The molecular weight excluding hydrogens is 416 g/mol. The summed E-state index contributed by atoms with van der Waals surface area (Å²) in [6, 6.07) is 0. The zero-order chi connectivity index (χ0) is 23.9. The fourth-order valence-corrected chi connectivity index (χ4v) is 2.58. The smallest absolute Gasteiger partial charge is 0.308 e. The van der Waals surface area contributed by atoms with Gasteiger partial charge < -0.3 is 28.4 Å². The number of carbonyl (C=O) groups excluding carboxylic acids is 2. The van der Waals surface area contributed by atoms with Crippen molar-refractivity contribution < 1.29 is 38.0 Å². The average Bonchev–Trinajstić information content (AvgIpc) is 2.79. The van der Waals surface area contributed by atoms with E-state index in [0.29, 0.717) is 46.1 Å². The van der Waals surface area contributed by atoms with Crippen LogP contribution in [0.3, 0.4) is 0 Å². The predicted molar refractivity (Wildman–Crippen MR) is 123 cm³/mol. The van der Waals surface area contributed by atoms with Crippen LogP contribution in [-0.2, 0) is 38.0 Å². The van der Waals surface area contributed by atoms with Gasteiger partial charge in [0.15, 0.2) is 0 Å². The lowest BCUT2D eigenvalue weighted by Gasteiger charge is -2.18. The molecule has 2 unspecified atom stereocenters. The van der Waals surface area contributed by atoms with Crippen molar-refractivity contribution in [2.75, 3.05) is 66.1 Å². The molecule has 0 spiro atoms. The van der Waals surface area contributed by atoms with Crippen molar-refractivity contribution in [2.45, 2.75) is 66.2 Å². The Morgan fingerprint density at radius 2 is 1.06 bits per heavy atom. The van der Waals surface area contributed by atoms with Gasteiger partial charge in [-0.3, -0.25) is 9.59 Å². The van der Waals surface area contributed by atoms with Crippen LogP contribution in [0.4, 0.5) is 0 Å². The van der Waals surface area contributed by atoms with Gasteiger partial charge in [-0.25, -0.2) is 0 Å². The molecule has 0 aromatic rings. The van der Waals surface area contributed by atoms with Crippen LogP contribution < -0.4 is 0 Å². The third kappa shape index (κ3) is 19.5. The van der Waals surface area contributed by atoms with E-state index in [1.165, 1.54) is 0 Å². The standard InChI is InChI=1S/C24H46O8/c1-5-7-11-27-13-15-29-17-19-31-23(25)10-9-21(3)22(4)24(26)32-20-18-30-16-14-28-12-8-6-2/h21-22H,5-20H2,1-4H3. The highest BCUT2D eigenvalue weighted by molar-refractivity contribution is 5.72. The molecule has 0 radical (unpaired) electrons. The van der Waals surface area contributed by atoms with Crippen LogP contribution in [0.5, 0.6) is 0 Å². The second-order valence-corrected chi connectivity index (χ2v) is 7.85. The number of hydrogen-bond acceptors (Lipinski definition) is 8. The Hall–Kier alpha value is -1.22. The molecule has 0 aromatic carbocycles. The molecule has 0 aliphatic rings. The van der Waals surface area contributed by atoms with Gasteiger partial charge in [-0.2, -0.15) is 0 Å². The molecule has 2 atom stereocenters. The zero-order valence-electron chi connectivity index (χ0n) is 20.7. The fraction of sp³-hybridized carbons (Fsp3) is 0.917. The van der Waals surface area contributed by atoms with Crippen molar-refractivity contribution in [3.05, 3.63) is 0 Å². The van der Waals surface area contributed by atoms with Gasteiger partial charge in [-0.05, 0) is 25.2 Å². The molecule has 0 aromatic heterocycles. The highest BCUT2D eigenvalue weighted by Gasteiger charge is 2.22. The van der Waals surface area contributed by atoms with Crippen molar-refractivity contribution in [3.8, 4) is 0 Å². The summed E-state index contributed by atoms with van der Waals surface area (Å²) >= 11 is 0. The second-order valence-electron chi connectivity index (χ2n) is 7.85. The third-order valence-electron chi connectivity index (χ3n) is 5.02. The minimum absolute atomic E-state index is 0.0134. The molecule has 0 saturated carbocycles. The highest BCUT2D eigenvalue weighted by atomic mass is 16.6. The van der Waals surface area contributed by atoms with Crippen LogP contribution in [0.25, 0.3) is 0 Å². The predicted octanol–water partition coefficient (Wildman–Crippen LogP) is 3.79. The van der Waals surface area contributed by atoms with Gasteiger partial charge in [0.1, 0.15) is 13.2 Å². The average molecular weight is 463 g/mol. The Morgan fingerprint density at radius 1 is 0.625 bits per heavy atom. The van der Waals surface area contributed by atoms with E-state index >= 15 is 0 Å². The largest absolute Gasteiger partial charge is 0.463 e. The van der Waals surface area contributed by atoms with Crippen molar-refractivity contribution >= 4 is 11.9 Å². The number of carbonyl (C=O) groups is 2. The van der Waals surface area contributed by atoms with Crippen molar-refractivity contribution in [1.29, 1.82) is 0 Å². The van der Waals surface area contributed by atoms with E-state index in [0.717, 1.165) is 38.9 Å². The summed E-state index contributed by atoms with van der Waals surface area (Å²) in [4.78, 5) is 24.0. The zero-order valence-corrected chi connectivity index (χ0v) is 20.7. The molecule has 0 heterocycles. The summed E-state index contributed by atoms with van der Waals surface area (Å²) in [7, 11) is 0. The quantitative estimate of drug-likeness (QED) is 0.167. The minimum atomic E-state index is -0.295. The Morgan fingerprint density at radius 3 is 1.56 bits per heavy atom. The first kappa shape index (κ1) is 30.8. The maximum atomic E-state index is 12.1. The van der Waals surface area contributed by atoms with Gasteiger partial charge in [0.05, 0.1) is 45.6 Å². The Balaban J connectivity index is 3.64. The number of unbranched alkanes of at least 4 members (excludes halogenated alkanes) is 2. The molecule has 32 heavy (non-hydrogen) atoms. The first-order chi connectivity index (χ1) is 15.5. The van der Waals surface area contributed by atoms with Crippen LogP contribution in [0.1, 0.15) is 66.2 Å². The number of esters is 2. The maximum absolute atomic E-state index is 12.1. The maximum Gasteiger partial charge on any atom is 0.308 e. The molecule has 0 fully saturated rings. The lowest BCUT2D eigenvalue weighted by Crippen LogP contribution is -2.24. The van der Waals surface area contributed by atoms with Gasteiger partial charge >= 0.3 is 11.9 Å². The third-order valence-corrected chi connectivity index (χ3v) is 5.02. The van der Waals surface area contributed by atoms with Crippen LogP contribution in [0.15, 0.2) is 0 Å².